The van der Waals surface area contributed by atoms with E-state index in [1.54, 1.807) is 17.0 Å². The Balaban J connectivity index is 1.96. The zero-order valence-electron chi connectivity index (χ0n) is 17.1. The largest absolute Gasteiger partial charge is 0.494 e. The smallest absolute Gasteiger partial charge is 0.242 e. The molecule has 28 heavy (non-hydrogen) atoms. The van der Waals surface area contributed by atoms with Crippen LogP contribution in [0.1, 0.15) is 52.9 Å². The molecule has 1 heterocycles. The second-order valence-corrected chi connectivity index (χ2v) is 7.85. The zero-order chi connectivity index (χ0) is 20.4. The first-order valence-electron chi connectivity index (χ1n) is 10.1. The van der Waals surface area contributed by atoms with Gasteiger partial charge in [-0.2, -0.15) is 0 Å². The molecule has 154 valence electrons. The van der Waals surface area contributed by atoms with Crippen molar-refractivity contribution >= 4 is 34.4 Å². The van der Waals surface area contributed by atoms with E-state index in [9.17, 15) is 9.59 Å². The topological polar surface area (TPSA) is 71.0 Å². The van der Waals surface area contributed by atoms with E-state index in [2.05, 4.69) is 24.2 Å². The van der Waals surface area contributed by atoms with Crippen LogP contribution in [0.4, 0.5) is 5.69 Å². The van der Waals surface area contributed by atoms with Gasteiger partial charge in [0.05, 0.1) is 6.61 Å². The number of anilines is 1. The van der Waals surface area contributed by atoms with Crippen LogP contribution in [0.25, 0.3) is 0 Å². The SMILES string of the molecule is CCCCN=C1SC(CC(=O)Nc2ccc(OCC)cc2)C(=O)N1CCCC. The number of unbranched alkanes of at least 4 members (excludes halogenated alkanes) is 2. The molecule has 6 nitrogen and oxygen atoms in total. The number of nitrogens with one attached hydrogen (secondary N) is 1. The number of hydrogen-bond donors (Lipinski definition) is 1. The van der Waals surface area contributed by atoms with E-state index >= 15 is 0 Å². The molecule has 2 rings (SSSR count). The minimum absolute atomic E-state index is 0.00413. The van der Waals surface area contributed by atoms with Gasteiger partial charge in [0.1, 0.15) is 11.0 Å². The summed E-state index contributed by atoms with van der Waals surface area (Å²) in [5.41, 5.74) is 0.698. The summed E-state index contributed by atoms with van der Waals surface area (Å²) in [6.07, 6.45) is 4.16. The summed E-state index contributed by atoms with van der Waals surface area (Å²) < 4.78 is 5.40. The predicted molar refractivity (Wildman–Crippen MR) is 116 cm³/mol. The number of hydrogen-bond acceptors (Lipinski definition) is 5. The molecule has 0 radical (unpaired) electrons. The van der Waals surface area contributed by atoms with Gasteiger partial charge in [0.15, 0.2) is 5.17 Å². The van der Waals surface area contributed by atoms with Crippen molar-refractivity contribution < 1.29 is 14.3 Å². The molecule has 1 saturated heterocycles. The fraction of sp³-hybridized carbons (Fsp3) is 0.571. The summed E-state index contributed by atoms with van der Waals surface area (Å²) in [5, 5.41) is 3.23. The molecule has 1 aromatic rings. The molecule has 2 amide bonds. The van der Waals surface area contributed by atoms with E-state index in [-0.39, 0.29) is 18.2 Å². The molecule has 1 atom stereocenters. The average molecular weight is 406 g/mol. The third-order valence-corrected chi connectivity index (χ3v) is 5.55. The molecule has 0 aliphatic carbocycles. The number of amidine groups is 1. The second-order valence-electron chi connectivity index (χ2n) is 6.68. The number of aliphatic imine (C=N–C) groups is 1. The highest BCUT2D eigenvalue weighted by Gasteiger charge is 2.38. The lowest BCUT2D eigenvalue weighted by Gasteiger charge is -2.16. The first-order valence-corrected chi connectivity index (χ1v) is 11.0. The second kappa shape index (κ2) is 11.7. The van der Waals surface area contributed by atoms with Crippen LogP contribution in [0.2, 0.25) is 0 Å². The minimum Gasteiger partial charge on any atom is -0.494 e. The number of nitrogens with zero attached hydrogens (tertiary/aromatic N) is 2. The maximum atomic E-state index is 12.8. The first-order chi connectivity index (χ1) is 13.6. The van der Waals surface area contributed by atoms with Gasteiger partial charge in [0, 0.05) is 25.2 Å². The Morgan fingerprint density at radius 1 is 1.18 bits per heavy atom. The molecule has 1 unspecified atom stereocenters. The molecule has 0 saturated carbocycles. The third-order valence-electron chi connectivity index (χ3n) is 4.33. The molecule has 1 fully saturated rings. The fourth-order valence-electron chi connectivity index (χ4n) is 2.80. The Hall–Kier alpha value is -2.02. The average Bonchev–Trinajstić information content (AvgIpc) is 2.97. The van der Waals surface area contributed by atoms with Gasteiger partial charge in [-0.25, -0.2) is 0 Å². The molecule has 0 bridgehead atoms. The van der Waals surface area contributed by atoms with Gasteiger partial charge in [-0.05, 0) is 44.0 Å². The molecule has 1 N–H and O–H groups in total. The zero-order valence-corrected chi connectivity index (χ0v) is 17.9. The van der Waals surface area contributed by atoms with Gasteiger partial charge >= 0.3 is 0 Å². The van der Waals surface area contributed by atoms with Crippen LogP contribution in [0.15, 0.2) is 29.3 Å². The maximum Gasteiger partial charge on any atom is 0.242 e. The lowest BCUT2D eigenvalue weighted by atomic mass is 10.2. The highest BCUT2D eigenvalue weighted by atomic mass is 32.2. The van der Waals surface area contributed by atoms with Gasteiger partial charge in [-0.1, -0.05) is 38.5 Å². The van der Waals surface area contributed by atoms with Crippen molar-refractivity contribution in [2.75, 3.05) is 25.0 Å². The monoisotopic (exact) mass is 405 g/mol. The van der Waals surface area contributed by atoms with Gasteiger partial charge in [-0.3, -0.25) is 19.5 Å². The summed E-state index contributed by atoms with van der Waals surface area (Å²) in [6.45, 7) is 8.14. The summed E-state index contributed by atoms with van der Waals surface area (Å²) in [5.74, 6) is 0.595. The standard InChI is InChI=1S/C21H31N3O3S/c1-4-7-13-22-21-24(14-8-5-2)20(26)18(28-21)15-19(25)23-16-9-11-17(12-10-16)27-6-3/h9-12,18H,4-8,13-15H2,1-3H3,(H,23,25). The number of carbonyl (C=O) groups excluding carboxylic acids is 2. The van der Waals surface area contributed by atoms with Gasteiger partial charge in [0.25, 0.3) is 0 Å². The quantitative estimate of drug-likeness (QED) is 0.557. The number of amides is 2. The Morgan fingerprint density at radius 2 is 1.89 bits per heavy atom. The summed E-state index contributed by atoms with van der Waals surface area (Å²) >= 11 is 1.42. The van der Waals surface area contributed by atoms with E-state index in [0.717, 1.165) is 43.1 Å². The third kappa shape index (κ3) is 6.55. The predicted octanol–water partition coefficient (Wildman–Crippen LogP) is 4.31. The normalized spacial score (nSPS) is 18.0. The lowest BCUT2D eigenvalue weighted by molar-refractivity contribution is -0.128. The van der Waals surface area contributed by atoms with E-state index < -0.39 is 5.25 Å². The molecular formula is C21H31N3O3S. The molecule has 0 spiro atoms. The van der Waals surface area contributed by atoms with Crippen molar-refractivity contribution in [1.29, 1.82) is 0 Å². The number of benzene rings is 1. The lowest BCUT2D eigenvalue weighted by Crippen LogP contribution is -2.34. The van der Waals surface area contributed by atoms with E-state index in [4.69, 9.17) is 4.74 Å². The number of rotatable bonds is 11. The van der Waals surface area contributed by atoms with Gasteiger partial charge in [-0.15, -0.1) is 0 Å². The molecule has 0 aromatic heterocycles. The van der Waals surface area contributed by atoms with Crippen LogP contribution in [0.3, 0.4) is 0 Å². The van der Waals surface area contributed by atoms with E-state index in [1.165, 1.54) is 11.8 Å². The Labute approximate surface area is 172 Å². The van der Waals surface area contributed by atoms with Crippen LogP contribution in [0, 0.1) is 0 Å². The van der Waals surface area contributed by atoms with Gasteiger partial charge < -0.3 is 10.1 Å². The highest BCUT2D eigenvalue weighted by Crippen LogP contribution is 2.30. The molecule has 1 aliphatic rings. The molecule has 1 aliphatic heterocycles. The van der Waals surface area contributed by atoms with E-state index in [1.807, 2.05) is 19.1 Å². The van der Waals surface area contributed by atoms with Gasteiger partial charge in [0.2, 0.25) is 11.8 Å². The van der Waals surface area contributed by atoms with Crippen LogP contribution in [0.5, 0.6) is 5.75 Å². The molecular weight excluding hydrogens is 374 g/mol. The van der Waals surface area contributed by atoms with Crippen molar-refractivity contribution in [3.63, 3.8) is 0 Å². The fourth-order valence-corrected chi connectivity index (χ4v) is 3.99. The number of carbonyl (C=O) groups is 2. The minimum atomic E-state index is -0.403. The highest BCUT2D eigenvalue weighted by molar-refractivity contribution is 8.15. The number of ether oxygens (including phenoxy) is 1. The van der Waals surface area contributed by atoms with Crippen molar-refractivity contribution in [3.8, 4) is 5.75 Å². The van der Waals surface area contributed by atoms with Crippen LogP contribution < -0.4 is 10.1 Å². The van der Waals surface area contributed by atoms with Crippen molar-refractivity contribution in [3.05, 3.63) is 24.3 Å². The van der Waals surface area contributed by atoms with Crippen LogP contribution >= 0.6 is 11.8 Å². The van der Waals surface area contributed by atoms with Crippen molar-refractivity contribution in [2.45, 2.75) is 58.1 Å². The van der Waals surface area contributed by atoms with Crippen LogP contribution in [-0.2, 0) is 9.59 Å². The van der Waals surface area contributed by atoms with Crippen LogP contribution in [-0.4, -0.2) is 46.8 Å². The summed E-state index contributed by atoms with van der Waals surface area (Å²) in [7, 11) is 0. The summed E-state index contributed by atoms with van der Waals surface area (Å²) in [6, 6.07) is 7.24. The first kappa shape index (κ1) is 22.3. The van der Waals surface area contributed by atoms with Crippen molar-refractivity contribution in [2.24, 2.45) is 4.99 Å². The summed E-state index contributed by atoms with van der Waals surface area (Å²) in [4.78, 5) is 31.6. The maximum absolute atomic E-state index is 12.8. The van der Waals surface area contributed by atoms with E-state index in [0.29, 0.717) is 18.8 Å². The molecule has 1 aromatic carbocycles. The Kier molecular flexibility index (Phi) is 9.34. The Morgan fingerprint density at radius 3 is 2.54 bits per heavy atom. The van der Waals surface area contributed by atoms with Crippen molar-refractivity contribution in [1.82, 2.24) is 4.90 Å². The molecule has 7 heteroatoms. The number of thioether (sulfide) groups is 1. The Bertz CT molecular complexity index is 676.